The van der Waals surface area contributed by atoms with Crippen LogP contribution in [0.2, 0.25) is 0 Å². The second-order valence-corrected chi connectivity index (χ2v) is 12.7. The van der Waals surface area contributed by atoms with Crippen molar-refractivity contribution in [1.82, 2.24) is 19.9 Å². The third-order valence-corrected chi connectivity index (χ3v) is 9.59. The second-order valence-electron chi connectivity index (χ2n) is 12.7. The first-order valence-corrected chi connectivity index (χ1v) is 17.0. The van der Waals surface area contributed by atoms with Gasteiger partial charge in [0, 0.05) is 34.1 Å². The number of aromatic nitrogens is 4. The molecule has 238 valence electrons. The molecule has 51 heavy (non-hydrogen) atoms. The van der Waals surface area contributed by atoms with Gasteiger partial charge in [0.1, 0.15) is 11.2 Å². The molecule has 0 spiro atoms. The minimum Gasteiger partial charge on any atom is -0.455 e. The van der Waals surface area contributed by atoms with E-state index in [1.54, 1.807) is 12.4 Å². The number of pyridine rings is 4. The molecule has 5 heterocycles. The number of benzene rings is 5. The van der Waals surface area contributed by atoms with Crippen molar-refractivity contribution in [2.75, 3.05) is 0 Å². The summed E-state index contributed by atoms with van der Waals surface area (Å²) in [5, 5.41) is 5.40. The molecule has 0 radical (unpaired) electrons. The average Bonchev–Trinajstić information content (AvgIpc) is 3.61. The van der Waals surface area contributed by atoms with Gasteiger partial charge < -0.3 is 4.42 Å². The van der Waals surface area contributed by atoms with Crippen molar-refractivity contribution in [3.8, 4) is 56.3 Å². The van der Waals surface area contributed by atoms with Crippen LogP contribution in [0.5, 0.6) is 0 Å². The van der Waals surface area contributed by atoms with Crippen molar-refractivity contribution in [2.24, 2.45) is 0 Å². The first kappa shape index (κ1) is 29.0. The highest BCUT2D eigenvalue weighted by Gasteiger charge is 2.19. The van der Waals surface area contributed by atoms with Crippen LogP contribution in [-0.4, -0.2) is 19.9 Å². The van der Waals surface area contributed by atoms with Crippen molar-refractivity contribution in [3.63, 3.8) is 0 Å². The van der Waals surface area contributed by atoms with Crippen molar-refractivity contribution in [1.29, 1.82) is 0 Å². The number of hydrogen-bond donors (Lipinski definition) is 0. The molecule has 0 saturated heterocycles. The predicted octanol–water partition coefficient (Wildman–Crippen LogP) is 11.8. The highest BCUT2D eigenvalue weighted by molar-refractivity contribution is 6.22. The van der Waals surface area contributed by atoms with Crippen LogP contribution < -0.4 is 0 Å². The fourth-order valence-electron chi connectivity index (χ4n) is 7.07. The Balaban J connectivity index is 1.04. The Kier molecular flexibility index (Phi) is 6.74. The molecule has 0 aliphatic heterocycles. The van der Waals surface area contributed by atoms with Crippen LogP contribution in [-0.2, 0) is 0 Å². The van der Waals surface area contributed by atoms with Gasteiger partial charge in [0.25, 0.3) is 0 Å². The molecule has 0 N–H and O–H groups in total. The molecule has 5 nitrogen and oxygen atoms in total. The molecule has 0 aliphatic carbocycles. The minimum atomic E-state index is 0.809. The van der Waals surface area contributed by atoms with Gasteiger partial charge in [0.15, 0.2) is 0 Å². The van der Waals surface area contributed by atoms with E-state index in [1.165, 1.54) is 0 Å². The van der Waals surface area contributed by atoms with E-state index in [-0.39, 0.29) is 0 Å². The van der Waals surface area contributed by atoms with Crippen LogP contribution in [0.3, 0.4) is 0 Å². The van der Waals surface area contributed by atoms with Crippen molar-refractivity contribution < 1.29 is 4.42 Å². The van der Waals surface area contributed by atoms with Crippen LogP contribution in [0.1, 0.15) is 0 Å². The van der Waals surface area contributed by atoms with Gasteiger partial charge in [-0.15, -0.1) is 0 Å². The maximum absolute atomic E-state index is 6.53. The highest BCUT2D eigenvalue weighted by Crippen LogP contribution is 2.41. The SMILES string of the molecule is c1ccc(-c2cc(-c3ccc(-c4ccc(-c5nc6c7ccccc7ccc6c6oc7ccccc7c56)cc4)cc3)cc(-c3ccccn3)n2)nc1. The summed E-state index contributed by atoms with van der Waals surface area (Å²) in [7, 11) is 0. The Hall–Kier alpha value is -6.98. The van der Waals surface area contributed by atoms with E-state index in [0.29, 0.717) is 0 Å². The summed E-state index contributed by atoms with van der Waals surface area (Å²) in [5.41, 5.74) is 12.3. The number of para-hydroxylation sites is 1. The van der Waals surface area contributed by atoms with Gasteiger partial charge in [-0.05, 0) is 76.2 Å². The fourth-order valence-corrected chi connectivity index (χ4v) is 7.07. The lowest BCUT2D eigenvalue weighted by Crippen LogP contribution is -1.94. The Morgan fingerprint density at radius 1 is 0.392 bits per heavy atom. The zero-order chi connectivity index (χ0) is 33.7. The lowest BCUT2D eigenvalue weighted by molar-refractivity contribution is 0.672. The summed E-state index contributed by atoms with van der Waals surface area (Å²) in [6.07, 6.45) is 3.59. The standard InChI is InChI=1S/C46H28N4O/c1-2-10-35-32(9-1)23-24-37-45(35)50-44(43-36-11-3-4-14-42(36)51-46(37)43)33-21-19-30(20-22-33)29-15-17-31(18-16-29)34-27-40(38-12-5-7-25-47-38)49-41(28-34)39-13-6-8-26-48-39/h1-28H. The molecule has 0 bridgehead atoms. The Bertz CT molecular complexity index is 2820. The number of fused-ring (bicyclic) bond motifs is 7. The molecule has 10 aromatic rings. The molecule has 10 rings (SSSR count). The normalized spacial score (nSPS) is 11.5. The van der Waals surface area contributed by atoms with Crippen LogP contribution in [0, 0.1) is 0 Å². The molecule has 0 amide bonds. The zero-order valence-electron chi connectivity index (χ0n) is 27.4. The van der Waals surface area contributed by atoms with Gasteiger partial charge in [-0.1, -0.05) is 109 Å². The number of hydrogen-bond acceptors (Lipinski definition) is 5. The zero-order valence-corrected chi connectivity index (χ0v) is 27.4. The molecule has 0 unspecified atom stereocenters. The Morgan fingerprint density at radius 3 is 1.61 bits per heavy atom. The minimum absolute atomic E-state index is 0.809. The molecule has 0 aliphatic rings. The predicted molar refractivity (Wildman–Crippen MR) is 207 cm³/mol. The van der Waals surface area contributed by atoms with E-state index in [4.69, 9.17) is 14.4 Å². The van der Waals surface area contributed by atoms with Crippen LogP contribution in [0.25, 0.3) is 99.9 Å². The van der Waals surface area contributed by atoms with E-state index >= 15 is 0 Å². The van der Waals surface area contributed by atoms with Gasteiger partial charge in [-0.2, -0.15) is 0 Å². The maximum atomic E-state index is 6.53. The van der Waals surface area contributed by atoms with E-state index < -0.39 is 0 Å². The van der Waals surface area contributed by atoms with Crippen LogP contribution >= 0.6 is 0 Å². The lowest BCUT2D eigenvalue weighted by Gasteiger charge is -2.11. The molecule has 5 aromatic heterocycles. The summed E-state index contributed by atoms with van der Waals surface area (Å²) in [6, 6.07) is 54.3. The summed E-state index contributed by atoms with van der Waals surface area (Å²) in [6.45, 7) is 0. The Morgan fingerprint density at radius 2 is 0.961 bits per heavy atom. The van der Waals surface area contributed by atoms with E-state index in [2.05, 4.69) is 119 Å². The van der Waals surface area contributed by atoms with Gasteiger partial charge in [-0.3, -0.25) is 9.97 Å². The van der Waals surface area contributed by atoms with E-state index in [9.17, 15) is 0 Å². The largest absolute Gasteiger partial charge is 0.455 e. The summed E-state index contributed by atoms with van der Waals surface area (Å²) >= 11 is 0. The van der Waals surface area contributed by atoms with E-state index in [0.717, 1.165) is 99.9 Å². The van der Waals surface area contributed by atoms with Gasteiger partial charge >= 0.3 is 0 Å². The first-order valence-electron chi connectivity index (χ1n) is 17.0. The summed E-state index contributed by atoms with van der Waals surface area (Å²) < 4.78 is 6.53. The van der Waals surface area contributed by atoms with Gasteiger partial charge in [-0.25, -0.2) is 9.97 Å². The van der Waals surface area contributed by atoms with Crippen LogP contribution in [0.4, 0.5) is 0 Å². The highest BCUT2D eigenvalue weighted by atomic mass is 16.3. The molecule has 0 atom stereocenters. The molecule has 0 saturated carbocycles. The lowest BCUT2D eigenvalue weighted by atomic mass is 9.96. The van der Waals surface area contributed by atoms with E-state index in [1.807, 2.05) is 48.5 Å². The number of nitrogens with zero attached hydrogens (tertiary/aromatic N) is 4. The van der Waals surface area contributed by atoms with Gasteiger partial charge in [0.2, 0.25) is 0 Å². The van der Waals surface area contributed by atoms with Crippen molar-refractivity contribution in [2.45, 2.75) is 0 Å². The quantitative estimate of drug-likeness (QED) is 0.173. The molecule has 5 aromatic carbocycles. The van der Waals surface area contributed by atoms with Crippen molar-refractivity contribution >= 4 is 43.6 Å². The molecule has 0 fully saturated rings. The average molecular weight is 653 g/mol. The number of rotatable bonds is 5. The van der Waals surface area contributed by atoms with Gasteiger partial charge in [0.05, 0.1) is 39.4 Å². The second kappa shape index (κ2) is 11.9. The number of furan rings is 1. The fraction of sp³-hybridized carbons (Fsp3) is 0. The monoisotopic (exact) mass is 652 g/mol. The summed E-state index contributed by atoms with van der Waals surface area (Å²) in [4.78, 5) is 19.4. The smallest absolute Gasteiger partial charge is 0.147 e. The maximum Gasteiger partial charge on any atom is 0.147 e. The van der Waals surface area contributed by atoms with Crippen LogP contribution in [0.15, 0.2) is 175 Å². The topological polar surface area (TPSA) is 64.7 Å². The third kappa shape index (κ3) is 5.03. The third-order valence-electron chi connectivity index (χ3n) is 9.59. The Labute approximate surface area is 293 Å². The van der Waals surface area contributed by atoms with Crippen molar-refractivity contribution in [3.05, 3.63) is 170 Å². The molecular formula is C46H28N4O. The summed E-state index contributed by atoms with van der Waals surface area (Å²) in [5.74, 6) is 0. The molecular weight excluding hydrogens is 625 g/mol. The first-order chi connectivity index (χ1) is 25.3. The molecule has 5 heteroatoms.